The van der Waals surface area contributed by atoms with Crippen LogP contribution < -0.4 is 15.8 Å². The van der Waals surface area contributed by atoms with Gasteiger partial charge in [0, 0.05) is 7.05 Å². The SMILES string of the molecule is CC(NC(=O)c1cc(Oc2ccc(CCN)cc2)ccc1F)c1nncn1C. The van der Waals surface area contributed by atoms with Crippen LogP contribution in [-0.4, -0.2) is 27.2 Å². The number of nitrogens with two attached hydrogens (primary N) is 1. The normalized spacial score (nSPS) is 11.9. The van der Waals surface area contributed by atoms with Gasteiger partial charge in [0.2, 0.25) is 0 Å². The maximum Gasteiger partial charge on any atom is 0.254 e. The van der Waals surface area contributed by atoms with Gasteiger partial charge in [-0.1, -0.05) is 12.1 Å². The maximum absolute atomic E-state index is 14.2. The van der Waals surface area contributed by atoms with E-state index in [1.54, 1.807) is 18.5 Å². The highest BCUT2D eigenvalue weighted by molar-refractivity contribution is 5.95. The summed E-state index contributed by atoms with van der Waals surface area (Å²) in [5, 5.41) is 10.5. The minimum absolute atomic E-state index is 0.105. The first kappa shape index (κ1) is 19.5. The Balaban J connectivity index is 1.73. The molecular weight excluding hydrogens is 361 g/mol. The fraction of sp³-hybridized carbons (Fsp3) is 0.250. The Hall–Kier alpha value is -3.26. The van der Waals surface area contributed by atoms with Crippen LogP contribution in [0.1, 0.15) is 34.7 Å². The first-order valence-electron chi connectivity index (χ1n) is 8.89. The van der Waals surface area contributed by atoms with Crippen molar-refractivity contribution in [2.24, 2.45) is 12.8 Å². The first-order chi connectivity index (χ1) is 13.5. The molecule has 7 nitrogen and oxygen atoms in total. The molecule has 2 aromatic carbocycles. The summed E-state index contributed by atoms with van der Waals surface area (Å²) < 4.78 is 21.6. The number of rotatable bonds is 7. The molecule has 0 saturated heterocycles. The summed E-state index contributed by atoms with van der Waals surface area (Å²) in [6.45, 7) is 2.33. The van der Waals surface area contributed by atoms with E-state index in [0.29, 0.717) is 23.9 Å². The van der Waals surface area contributed by atoms with Crippen molar-refractivity contribution in [1.82, 2.24) is 20.1 Å². The summed E-state index contributed by atoms with van der Waals surface area (Å²) in [4.78, 5) is 12.5. The van der Waals surface area contributed by atoms with Crippen molar-refractivity contribution in [2.75, 3.05) is 6.54 Å². The molecule has 1 unspecified atom stereocenters. The Morgan fingerprint density at radius 3 is 2.61 bits per heavy atom. The summed E-state index contributed by atoms with van der Waals surface area (Å²) >= 11 is 0. The largest absolute Gasteiger partial charge is 0.457 e. The highest BCUT2D eigenvalue weighted by atomic mass is 19.1. The molecule has 28 heavy (non-hydrogen) atoms. The monoisotopic (exact) mass is 383 g/mol. The lowest BCUT2D eigenvalue weighted by Crippen LogP contribution is -2.29. The standard InChI is InChI=1S/C20H22FN5O2/c1-13(19-25-23-12-26(19)2)24-20(27)17-11-16(7-8-18(17)21)28-15-5-3-14(4-6-15)9-10-22/h3-8,11-13H,9-10,22H2,1-2H3,(H,24,27). The van der Waals surface area contributed by atoms with Crippen LogP contribution in [0.15, 0.2) is 48.8 Å². The van der Waals surface area contributed by atoms with Gasteiger partial charge in [0.25, 0.3) is 5.91 Å². The number of amides is 1. The molecule has 0 fully saturated rings. The van der Waals surface area contributed by atoms with Crippen LogP contribution in [0.2, 0.25) is 0 Å². The number of ether oxygens (including phenoxy) is 1. The Labute approximate surface area is 162 Å². The third kappa shape index (κ3) is 4.52. The van der Waals surface area contributed by atoms with E-state index in [4.69, 9.17) is 10.5 Å². The van der Waals surface area contributed by atoms with Crippen molar-refractivity contribution in [3.05, 3.63) is 71.6 Å². The molecule has 0 bridgehead atoms. The zero-order valence-corrected chi connectivity index (χ0v) is 15.7. The van der Waals surface area contributed by atoms with Crippen molar-refractivity contribution in [3.63, 3.8) is 0 Å². The van der Waals surface area contributed by atoms with Gasteiger partial charge in [-0.25, -0.2) is 4.39 Å². The molecule has 1 heterocycles. The van der Waals surface area contributed by atoms with E-state index in [1.165, 1.54) is 24.5 Å². The van der Waals surface area contributed by atoms with Gasteiger partial charge in [0.05, 0.1) is 11.6 Å². The van der Waals surface area contributed by atoms with Gasteiger partial charge in [-0.05, 0) is 55.8 Å². The minimum Gasteiger partial charge on any atom is -0.457 e. The van der Waals surface area contributed by atoms with Crippen molar-refractivity contribution in [2.45, 2.75) is 19.4 Å². The van der Waals surface area contributed by atoms with Crippen LogP contribution in [0, 0.1) is 5.82 Å². The number of nitrogens with zero attached hydrogens (tertiary/aromatic N) is 3. The molecule has 1 amide bonds. The molecule has 0 saturated carbocycles. The molecule has 0 radical (unpaired) electrons. The van der Waals surface area contributed by atoms with Crippen LogP contribution in [-0.2, 0) is 13.5 Å². The third-order valence-electron chi connectivity index (χ3n) is 4.26. The summed E-state index contributed by atoms with van der Waals surface area (Å²) in [6.07, 6.45) is 2.32. The fourth-order valence-corrected chi connectivity index (χ4v) is 2.79. The number of carbonyl (C=O) groups excluding carboxylic acids is 1. The number of aromatic nitrogens is 3. The molecule has 146 valence electrons. The molecule has 1 atom stereocenters. The van der Waals surface area contributed by atoms with Gasteiger partial charge in [-0.15, -0.1) is 10.2 Å². The van der Waals surface area contributed by atoms with Crippen LogP contribution in [0.25, 0.3) is 0 Å². The number of hydrogen-bond donors (Lipinski definition) is 2. The van der Waals surface area contributed by atoms with Gasteiger partial charge in [-0.3, -0.25) is 4.79 Å². The van der Waals surface area contributed by atoms with Gasteiger partial charge in [0.15, 0.2) is 5.82 Å². The third-order valence-corrected chi connectivity index (χ3v) is 4.26. The van der Waals surface area contributed by atoms with Crippen LogP contribution in [0.3, 0.4) is 0 Å². The number of hydrogen-bond acceptors (Lipinski definition) is 5. The van der Waals surface area contributed by atoms with Crippen LogP contribution in [0.4, 0.5) is 4.39 Å². The molecular formula is C20H22FN5O2. The van der Waals surface area contributed by atoms with Crippen molar-refractivity contribution >= 4 is 5.91 Å². The van der Waals surface area contributed by atoms with Gasteiger partial charge >= 0.3 is 0 Å². The molecule has 0 aliphatic rings. The summed E-state index contributed by atoms with van der Waals surface area (Å²) in [5.41, 5.74) is 6.54. The zero-order chi connectivity index (χ0) is 20.1. The summed E-state index contributed by atoms with van der Waals surface area (Å²) in [6, 6.07) is 11.1. The second kappa shape index (κ2) is 8.62. The number of aryl methyl sites for hydroxylation is 1. The second-order valence-corrected chi connectivity index (χ2v) is 6.42. The minimum atomic E-state index is -0.631. The molecule has 3 aromatic rings. The van der Waals surface area contributed by atoms with E-state index >= 15 is 0 Å². The number of nitrogens with one attached hydrogen (secondary N) is 1. The molecule has 0 spiro atoms. The lowest BCUT2D eigenvalue weighted by Gasteiger charge is -2.14. The lowest BCUT2D eigenvalue weighted by atomic mass is 10.1. The predicted octanol–water partition coefficient (Wildman–Crippen LogP) is 2.74. The lowest BCUT2D eigenvalue weighted by molar-refractivity contribution is 0.0933. The Bertz CT molecular complexity index is 955. The van der Waals surface area contributed by atoms with Gasteiger partial charge < -0.3 is 20.4 Å². The maximum atomic E-state index is 14.2. The molecule has 0 aliphatic carbocycles. The Kier molecular flexibility index (Phi) is 6.00. The highest BCUT2D eigenvalue weighted by Gasteiger charge is 2.19. The smallest absolute Gasteiger partial charge is 0.254 e. The molecule has 1 aromatic heterocycles. The Morgan fingerprint density at radius 2 is 1.96 bits per heavy atom. The van der Waals surface area contributed by atoms with E-state index in [9.17, 15) is 9.18 Å². The highest BCUT2D eigenvalue weighted by Crippen LogP contribution is 2.24. The molecule has 3 N–H and O–H groups in total. The van der Waals surface area contributed by atoms with E-state index in [2.05, 4.69) is 15.5 Å². The van der Waals surface area contributed by atoms with Gasteiger partial charge in [0.1, 0.15) is 23.6 Å². The number of halogens is 1. The van der Waals surface area contributed by atoms with Gasteiger partial charge in [-0.2, -0.15) is 0 Å². The summed E-state index contributed by atoms with van der Waals surface area (Å²) in [5.74, 6) is 0.333. The molecule has 8 heteroatoms. The predicted molar refractivity (Wildman–Crippen MR) is 103 cm³/mol. The number of benzene rings is 2. The average molecular weight is 383 g/mol. The van der Waals surface area contributed by atoms with Crippen molar-refractivity contribution < 1.29 is 13.9 Å². The Morgan fingerprint density at radius 1 is 1.25 bits per heavy atom. The first-order valence-corrected chi connectivity index (χ1v) is 8.89. The second-order valence-electron chi connectivity index (χ2n) is 6.42. The van der Waals surface area contributed by atoms with E-state index in [1.807, 2.05) is 24.3 Å². The van der Waals surface area contributed by atoms with E-state index in [-0.39, 0.29) is 5.56 Å². The van der Waals surface area contributed by atoms with Crippen LogP contribution >= 0.6 is 0 Å². The van der Waals surface area contributed by atoms with Crippen LogP contribution in [0.5, 0.6) is 11.5 Å². The average Bonchev–Trinajstić information content (AvgIpc) is 3.11. The fourth-order valence-electron chi connectivity index (χ4n) is 2.79. The topological polar surface area (TPSA) is 95.1 Å². The van der Waals surface area contributed by atoms with E-state index < -0.39 is 17.8 Å². The van der Waals surface area contributed by atoms with E-state index in [0.717, 1.165) is 12.0 Å². The quantitative estimate of drug-likeness (QED) is 0.654. The zero-order valence-electron chi connectivity index (χ0n) is 15.7. The van der Waals surface area contributed by atoms with Crippen molar-refractivity contribution in [1.29, 1.82) is 0 Å². The molecule has 0 aliphatic heterocycles. The van der Waals surface area contributed by atoms with Crippen molar-refractivity contribution in [3.8, 4) is 11.5 Å². The molecule has 3 rings (SSSR count). The number of carbonyl (C=O) groups is 1. The summed E-state index contributed by atoms with van der Waals surface area (Å²) in [7, 11) is 1.77.